The van der Waals surface area contributed by atoms with Gasteiger partial charge in [0.05, 0.1) is 0 Å². The maximum absolute atomic E-state index is 12.6. The average molecular weight is 357 g/mol. The smallest absolute Gasteiger partial charge is 0.321 e. The number of hydrogen-bond donors (Lipinski definition) is 1. The molecule has 142 valence electrons. The zero-order valence-corrected chi connectivity index (χ0v) is 16.0. The highest BCUT2D eigenvalue weighted by atomic mass is 16.2. The number of nitrogens with one attached hydrogen (secondary N) is 1. The molecular formula is C21H32N4O. The maximum Gasteiger partial charge on any atom is 0.321 e. The Bertz CT molecular complexity index is 639. The molecular weight excluding hydrogens is 324 g/mol. The lowest BCUT2D eigenvalue weighted by Gasteiger charge is -2.38. The molecule has 1 aromatic rings. The van der Waals surface area contributed by atoms with Crippen LogP contribution in [0.1, 0.15) is 30.4 Å². The predicted octanol–water partition coefficient (Wildman–Crippen LogP) is 2.67. The fraction of sp³-hybridized carbons (Fsp3) is 0.667. The van der Waals surface area contributed by atoms with E-state index in [1.165, 1.54) is 56.4 Å². The Morgan fingerprint density at radius 3 is 2.69 bits per heavy atom. The lowest BCUT2D eigenvalue weighted by molar-refractivity contribution is 0.109. The Balaban J connectivity index is 1.24. The van der Waals surface area contributed by atoms with E-state index in [0.717, 1.165) is 44.2 Å². The van der Waals surface area contributed by atoms with E-state index >= 15 is 0 Å². The van der Waals surface area contributed by atoms with E-state index in [-0.39, 0.29) is 6.03 Å². The second-order valence-corrected chi connectivity index (χ2v) is 8.33. The summed E-state index contributed by atoms with van der Waals surface area (Å²) in [6, 6.07) is 6.45. The fourth-order valence-corrected chi connectivity index (χ4v) is 4.77. The van der Waals surface area contributed by atoms with Crippen molar-refractivity contribution in [2.45, 2.75) is 32.1 Å². The second kappa shape index (κ2) is 7.97. The standard InChI is InChI=1S/C21H32N4O/c1-23-9-3-4-17(15-23)16-24-10-12-25(13-11-24)21(26)22-20-8-7-18-5-2-6-19(18)14-20/h7-8,14,17H,2-6,9-13,15-16H2,1H3,(H,22,26)/t17-/m1/s1. The van der Waals surface area contributed by atoms with Crippen LogP contribution in [0.3, 0.4) is 0 Å². The third-order valence-corrected chi connectivity index (χ3v) is 6.25. The molecule has 0 bridgehead atoms. The van der Waals surface area contributed by atoms with Gasteiger partial charge in [0.25, 0.3) is 0 Å². The lowest BCUT2D eigenvalue weighted by Crippen LogP contribution is -2.51. The summed E-state index contributed by atoms with van der Waals surface area (Å²) in [6.07, 6.45) is 6.25. The van der Waals surface area contributed by atoms with Gasteiger partial charge in [-0.15, -0.1) is 0 Å². The summed E-state index contributed by atoms with van der Waals surface area (Å²) in [5, 5.41) is 3.11. The van der Waals surface area contributed by atoms with Crippen LogP contribution in [0, 0.1) is 5.92 Å². The van der Waals surface area contributed by atoms with Crippen LogP contribution in [0.4, 0.5) is 10.5 Å². The van der Waals surface area contributed by atoms with Gasteiger partial charge >= 0.3 is 6.03 Å². The molecule has 5 nitrogen and oxygen atoms in total. The number of piperazine rings is 1. The monoisotopic (exact) mass is 356 g/mol. The number of hydrogen-bond acceptors (Lipinski definition) is 3. The summed E-state index contributed by atoms with van der Waals surface area (Å²) < 4.78 is 0. The number of aryl methyl sites for hydroxylation is 2. The van der Waals surface area contributed by atoms with Crippen molar-refractivity contribution in [2.75, 3.05) is 58.2 Å². The Morgan fingerprint density at radius 2 is 1.88 bits per heavy atom. The number of benzene rings is 1. The number of piperidine rings is 1. The van der Waals surface area contributed by atoms with Gasteiger partial charge in [0, 0.05) is 45.0 Å². The number of nitrogens with zero attached hydrogens (tertiary/aromatic N) is 3. The highest BCUT2D eigenvalue weighted by molar-refractivity contribution is 5.89. The van der Waals surface area contributed by atoms with Crippen LogP contribution in [0.15, 0.2) is 18.2 Å². The van der Waals surface area contributed by atoms with Gasteiger partial charge in [-0.25, -0.2) is 4.79 Å². The minimum atomic E-state index is 0.0556. The molecule has 1 atom stereocenters. The van der Waals surface area contributed by atoms with Crippen molar-refractivity contribution in [3.63, 3.8) is 0 Å². The Morgan fingerprint density at radius 1 is 1.08 bits per heavy atom. The maximum atomic E-state index is 12.6. The van der Waals surface area contributed by atoms with E-state index in [2.05, 4.69) is 40.4 Å². The minimum Gasteiger partial charge on any atom is -0.322 e. The molecule has 2 saturated heterocycles. The predicted molar refractivity (Wildman–Crippen MR) is 106 cm³/mol. The molecule has 0 unspecified atom stereocenters. The molecule has 0 spiro atoms. The van der Waals surface area contributed by atoms with Gasteiger partial charge in [-0.05, 0) is 74.9 Å². The Hall–Kier alpha value is -1.59. The summed E-state index contributed by atoms with van der Waals surface area (Å²) in [5.74, 6) is 0.792. The van der Waals surface area contributed by atoms with Gasteiger partial charge in [-0.3, -0.25) is 4.90 Å². The van der Waals surface area contributed by atoms with Crippen LogP contribution in [0.2, 0.25) is 0 Å². The van der Waals surface area contributed by atoms with Gasteiger partial charge < -0.3 is 15.1 Å². The van der Waals surface area contributed by atoms with Crippen LogP contribution in [0.5, 0.6) is 0 Å². The molecule has 2 aliphatic heterocycles. The van der Waals surface area contributed by atoms with Crippen LogP contribution in [-0.4, -0.2) is 73.6 Å². The van der Waals surface area contributed by atoms with Gasteiger partial charge in [0.2, 0.25) is 0 Å². The van der Waals surface area contributed by atoms with E-state index in [0.29, 0.717) is 0 Å². The van der Waals surface area contributed by atoms with Gasteiger partial charge in [0.15, 0.2) is 0 Å². The number of amides is 2. The van der Waals surface area contributed by atoms with E-state index < -0.39 is 0 Å². The minimum absolute atomic E-state index is 0.0556. The highest BCUT2D eigenvalue weighted by Gasteiger charge is 2.25. The lowest BCUT2D eigenvalue weighted by atomic mass is 9.97. The fourth-order valence-electron chi connectivity index (χ4n) is 4.77. The molecule has 0 saturated carbocycles. The van der Waals surface area contributed by atoms with Crippen molar-refractivity contribution in [1.82, 2.24) is 14.7 Å². The molecule has 1 N–H and O–H groups in total. The largest absolute Gasteiger partial charge is 0.322 e. The zero-order chi connectivity index (χ0) is 17.9. The number of rotatable bonds is 3. The quantitative estimate of drug-likeness (QED) is 0.905. The van der Waals surface area contributed by atoms with Gasteiger partial charge in [-0.2, -0.15) is 0 Å². The zero-order valence-electron chi connectivity index (χ0n) is 16.0. The molecule has 3 aliphatic rings. The molecule has 2 amide bonds. The van der Waals surface area contributed by atoms with Crippen LogP contribution in [-0.2, 0) is 12.8 Å². The van der Waals surface area contributed by atoms with Crippen molar-refractivity contribution in [3.8, 4) is 0 Å². The highest BCUT2D eigenvalue weighted by Crippen LogP contribution is 2.25. The first-order valence-electron chi connectivity index (χ1n) is 10.3. The van der Waals surface area contributed by atoms with Crippen LogP contribution in [0.25, 0.3) is 0 Å². The van der Waals surface area contributed by atoms with Crippen LogP contribution < -0.4 is 5.32 Å². The SMILES string of the molecule is CN1CCC[C@@H](CN2CCN(C(=O)Nc3ccc4c(c3)CCC4)CC2)C1. The molecule has 5 heteroatoms. The summed E-state index contributed by atoms with van der Waals surface area (Å²) in [5.41, 5.74) is 3.80. The number of carbonyl (C=O) groups is 1. The number of urea groups is 1. The molecule has 4 rings (SSSR count). The molecule has 0 aromatic heterocycles. The van der Waals surface area contributed by atoms with E-state index in [4.69, 9.17) is 0 Å². The van der Waals surface area contributed by atoms with E-state index in [1.807, 2.05) is 4.90 Å². The molecule has 1 aromatic carbocycles. The Kier molecular flexibility index (Phi) is 5.46. The van der Waals surface area contributed by atoms with E-state index in [9.17, 15) is 4.79 Å². The summed E-state index contributed by atoms with van der Waals surface area (Å²) in [4.78, 5) is 19.6. The summed E-state index contributed by atoms with van der Waals surface area (Å²) in [7, 11) is 2.23. The summed E-state index contributed by atoms with van der Waals surface area (Å²) >= 11 is 0. The number of likely N-dealkylation sites (tertiary alicyclic amines) is 1. The molecule has 1 aliphatic carbocycles. The van der Waals surface area contributed by atoms with Crippen molar-refractivity contribution < 1.29 is 4.79 Å². The average Bonchev–Trinajstić information content (AvgIpc) is 3.10. The van der Waals surface area contributed by atoms with E-state index in [1.54, 1.807) is 0 Å². The van der Waals surface area contributed by atoms with Crippen molar-refractivity contribution in [3.05, 3.63) is 29.3 Å². The van der Waals surface area contributed by atoms with Crippen molar-refractivity contribution >= 4 is 11.7 Å². The topological polar surface area (TPSA) is 38.8 Å². The van der Waals surface area contributed by atoms with Crippen molar-refractivity contribution in [2.24, 2.45) is 5.92 Å². The summed E-state index contributed by atoms with van der Waals surface area (Å²) in [6.45, 7) is 7.31. The second-order valence-electron chi connectivity index (χ2n) is 8.33. The molecule has 0 radical (unpaired) electrons. The first-order chi connectivity index (χ1) is 12.7. The first kappa shape index (κ1) is 17.8. The van der Waals surface area contributed by atoms with Gasteiger partial charge in [0.1, 0.15) is 0 Å². The first-order valence-corrected chi connectivity index (χ1v) is 10.3. The normalized spacial score (nSPS) is 24.5. The number of fused-ring (bicyclic) bond motifs is 1. The van der Waals surface area contributed by atoms with Gasteiger partial charge in [-0.1, -0.05) is 6.07 Å². The number of anilines is 1. The van der Waals surface area contributed by atoms with Crippen molar-refractivity contribution in [1.29, 1.82) is 0 Å². The third-order valence-electron chi connectivity index (χ3n) is 6.25. The van der Waals surface area contributed by atoms with Crippen LogP contribution >= 0.6 is 0 Å². The number of carbonyl (C=O) groups excluding carboxylic acids is 1. The molecule has 2 heterocycles. The Labute approximate surface area is 157 Å². The molecule has 26 heavy (non-hydrogen) atoms. The third kappa shape index (κ3) is 4.21. The molecule has 2 fully saturated rings.